The Hall–Kier alpha value is -3.36. The summed E-state index contributed by atoms with van der Waals surface area (Å²) in [5.41, 5.74) is 2.18. The largest absolute Gasteiger partial charge is 0.337 e. The first-order chi connectivity index (χ1) is 16.5. The Morgan fingerprint density at radius 1 is 1.03 bits per heavy atom. The van der Waals surface area contributed by atoms with Crippen molar-refractivity contribution in [1.29, 1.82) is 0 Å². The molecule has 1 aromatic heterocycles. The lowest BCUT2D eigenvalue weighted by molar-refractivity contribution is -0.114. The molecule has 0 saturated carbocycles. The molecule has 0 spiro atoms. The summed E-state index contributed by atoms with van der Waals surface area (Å²) in [4.78, 5) is 41.9. The Bertz CT molecular complexity index is 1280. The minimum atomic E-state index is -0.112. The zero-order valence-corrected chi connectivity index (χ0v) is 20.1. The highest BCUT2D eigenvalue weighted by atomic mass is 35.5. The fourth-order valence-electron chi connectivity index (χ4n) is 4.02. The summed E-state index contributed by atoms with van der Waals surface area (Å²) in [7, 11) is 1.74. The van der Waals surface area contributed by atoms with Gasteiger partial charge in [-0.25, -0.2) is 9.97 Å². The maximum absolute atomic E-state index is 13.2. The molecule has 34 heavy (non-hydrogen) atoms. The van der Waals surface area contributed by atoms with E-state index in [9.17, 15) is 9.59 Å². The maximum Gasteiger partial charge on any atom is 0.264 e. The molecule has 172 valence electrons. The molecule has 5 rings (SSSR count). The first-order valence-corrected chi connectivity index (χ1v) is 12.1. The normalized spacial score (nSPS) is 17.2. The molecule has 0 unspecified atom stereocenters. The molecule has 0 radical (unpaired) electrons. The molecular formula is C25H22ClN5O2S. The minimum Gasteiger partial charge on any atom is -0.337 e. The van der Waals surface area contributed by atoms with E-state index in [0.29, 0.717) is 47.6 Å². The van der Waals surface area contributed by atoms with E-state index < -0.39 is 0 Å². The number of rotatable bonds is 3. The van der Waals surface area contributed by atoms with E-state index in [1.165, 1.54) is 11.8 Å². The number of thioether (sulfide) groups is 1. The van der Waals surface area contributed by atoms with Crippen molar-refractivity contribution >= 4 is 52.9 Å². The van der Waals surface area contributed by atoms with E-state index in [4.69, 9.17) is 11.6 Å². The van der Waals surface area contributed by atoms with Crippen molar-refractivity contribution in [2.24, 2.45) is 0 Å². The average Bonchev–Trinajstić information content (AvgIpc) is 2.87. The number of amides is 2. The lowest BCUT2D eigenvalue weighted by atomic mass is 10.1. The average molecular weight is 492 g/mol. The lowest BCUT2D eigenvalue weighted by Gasteiger charge is -2.35. The number of hydrogen-bond donors (Lipinski definition) is 0. The van der Waals surface area contributed by atoms with E-state index in [-0.39, 0.29) is 11.8 Å². The fraction of sp³-hybridized carbons (Fsp3) is 0.200. The Morgan fingerprint density at radius 3 is 2.53 bits per heavy atom. The number of nitrogens with zero attached hydrogens (tertiary/aromatic N) is 5. The van der Waals surface area contributed by atoms with Crippen LogP contribution in [0.4, 0.5) is 11.6 Å². The summed E-state index contributed by atoms with van der Waals surface area (Å²) in [6.07, 6.45) is 5.28. The van der Waals surface area contributed by atoms with Crippen LogP contribution in [-0.4, -0.2) is 59.9 Å². The third-order valence-electron chi connectivity index (χ3n) is 5.85. The van der Waals surface area contributed by atoms with Gasteiger partial charge in [0.1, 0.15) is 0 Å². The van der Waals surface area contributed by atoms with Crippen LogP contribution in [0, 0.1) is 0 Å². The van der Waals surface area contributed by atoms with Gasteiger partial charge < -0.3 is 14.7 Å². The number of likely N-dealkylation sites (N-methyl/N-ethyl adjacent to an activating group) is 1. The summed E-state index contributed by atoms with van der Waals surface area (Å²) in [6.45, 7) is 2.52. The molecule has 3 aromatic rings. The van der Waals surface area contributed by atoms with E-state index in [1.54, 1.807) is 36.5 Å². The minimum absolute atomic E-state index is 0.0393. The predicted molar refractivity (Wildman–Crippen MR) is 135 cm³/mol. The molecule has 9 heteroatoms. The second-order valence-electron chi connectivity index (χ2n) is 8.04. The molecule has 0 atom stereocenters. The highest BCUT2D eigenvalue weighted by Crippen LogP contribution is 2.42. The van der Waals surface area contributed by atoms with Crippen LogP contribution in [0.3, 0.4) is 0 Å². The number of carbonyl (C=O) groups excluding carboxylic acids is 2. The Balaban J connectivity index is 1.32. The van der Waals surface area contributed by atoms with Crippen LogP contribution in [0.15, 0.2) is 70.7 Å². The topological polar surface area (TPSA) is 69.6 Å². The van der Waals surface area contributed by atoms with E-state index in [0.717, 1.165) is 16.1 Å². The van der Waals surface area contributed by atoms with Gasteiger partial charge in [-0.3, -0.25) is 9.59 Å². The van der Waals surface area contributed by atoms with E-state index >= 15 is 0 Å². The smallest absolute Gasteiger partial charge is 0.264 e. The first kappa shape index (κ1) is 22.4. The van der Waals surface area contributed by atoms with Crippen molar-refractivity contribution in [2.75, 3.05) is 43.0 Å². The number of aromatic nitrogens is 2. The number of fused-ring (bicyclic) bond motifs is 1. The Morgan fingerprint density at radius 2 is 1.79 bits per heavy atom. The van der Waals surface area contributed by atoms with Crippen molar-refractivity contribution < 1.29 is 9.59 Å². The molecular weight excluding hydrogens is 470 g/mol. The van der Waals surface area contributed by atoms with Crippen LogP contribution in [0.5, 0.6) is 0 Å². The van der Waals surface area contributed by atoms with Gasteiger partial charge in [0.2, 0.25) is 5.95 Å². The van der Waals surface area contributed by atoms with Crippen molar-refractivity contribution in [3.8, 4) is 0 Å². The number of halogens is 1. The van der Waals surface area contributed by atoms with Gasteiger partial charge in [0.15, 0.2) is 0 Å². The lowest BCUT2D eigenvalue weighted by Crippen LogP contribution is -2.49. The number of hydrogen-bond acceptors (Lipinski definition) is 6. The highest BCUT2D eigenvalue weighted by molar-refractivity contribution is 8.04. The van der Waals surface area contributed by atoms with Crippen LogP contribution in [0.1, 0.15) is 15.9 Å². The van der Waals surface area contributed by atoms with Crippen LogP contribution < -0.4 is 9.80 Å². The van der Waals surface area contributed by atoms with Crippen molar-refractivity contribution in [2.45, 2.75) is 4.90 Å². The summed E-state index contributed by atoms with van der Waals surface area (Å²) in [6, 6.07) is 14.7. The molecule has 1 saturated heterocycles. The SMILES string of the molecule is CN1C(=O)C(=Cc2cccc(Cl)c2)Sc2ccc(C(=O)N3CCN(c4ncccn4)CC3)cc21. The Labute approximate surface area is 207 Å². The zero-order chi connectivity index (χ0) is 23.7. The van der Waals surface area contributed by atoms with Crippen molar-refractivity contribution in [1.82, 2.24) is 14.9 Å². The van der Waals surface area contributed by atoms with Crippen LogP contribution in [0.25, 0.3) is 6.08 Å². The van der Waals surface area contributed by atoms with Gasteiger partial charge in [0.05, 0.1) is 10.6 Å². The molecule has 7 nitrogen and oxygen atoms in total. The second-order valence-corrected chi connectivity index (χ2v) is 9.56. The van der Waals surface area contributed by atoms with E-state index in [1.807, 2.05) is 47.4 Å². The molecule has 2 aliphatic rings. The monoisotopic (exact) mass is 491 g/mol. The predicted octanol–water partition coefficient (Wildman–Crippen LogP) is 4.20. The molecule has 2 aliphatic heterocycles. The number of benzene rings is 2. The third-order valence-corrected chi connectivity index (χ3v) is 7.16. The standard InChI is InChI=1S/C25H22ClN5O2S/c1-29-20-16-18(23(32)30-10-12-31(13-11-30)25-27-8-3-9-28-25)6-7-21(20)34-22(24(29)33)15-17-4-2-5-19(26)14-17/h2-9,14-16H,10-13H2,1H3. The summed E-state index contributed by atoms with van der Waals surface area (Å²) >= 11 is 7.49. The fourth-order valence-corrected chi connectivity index (χ4v) is 5.31. The number of piperazine rings is 1. The van der Waals surface area contributed by atoms with Gasteiger partial charge in [-0.15, -0.1) is 0 Å². The van der Waals surface area contributed by atoms with Crippen LogP contribution in [-0.2, 0) is 4.79 Å². The van der Waals surface area contributed by atoms with Crippen LogP contribution >= 0.6 is 23.4 Å². The van der Waals surface area contributed by atoms with Crippen molar-refractivity contribution in [3.63, 3.8) is 0 Å². The third kappa shape index (κ3) is 4.51. The molecule has 0 N–H and O–H groups in total. The van der Waals surface area contributed by atoms with Gasteiger partial charge in [0, 0.05) is 61.1 Å². The summed E-state index contributed by atoms with van der Waals surface area (Å²) in [5, 5.41) is 0.622. The Kier molecular flexibility index (Phi) is 6.26. The number of carbonyl (C=O) groups is 2. The first-order valence-electron chi connectivity index (χ1n) is 10.9. The highest BCUT2D eigenvalue weighted by Gasteiger charge is 2.29. The molecule has 3 heterocycles. The molecule has 0 aliphatic carbocycles. The molecule has 2 amide bonds. The molecule has 2 aromatic carbocycles. The van der Waals surface area contributed by atoms with Crippen molar-refractivity contribution in [3.05, 3.63) is 82.0 Å². The quantitative estimate of drug-likeness (QED) is 0.511. The summed E-state index contributed by atoms with van der Waals surface area (Å²) in [5.74, 6) is 0.531. The molecule has 0 bridgehead atoms. The second kappa shape index (κ2) is 9.48. The van der Waals surface area contributed by atoms with Gasteiger partial charge in [-0.1, -0.05) is 35.5 Å². The van der Waals surface area contributed by atoms with Gasteiger partial charge in [-0.05, 0) is 48.0 Å². The van der Waals surface area contributed by atoms with Gasteiger partial charge in [-0.2, -0.15) is 0 Å². The zero-order valence-electron chi connectivity index (χ0n) is 18.5. The summed E-state index contributed by atoms with van der Waals surface area (Å²) < 4.78 is 0. The number of anilines is 2. The van der Waals surface area contributed by atoms with E-state index in [2.05, 4.69) is 14.9 Å². The van der Waals surface area contributed by atoms with Gasteiger partial charge in [0.25, 0.3) is 11.8 Å². The van der Waals surface area contributed by atoms with Crippen LogP contribution in [0.2, 0.25) is 5.02 Å². The molecule has 1 fully saturated rings. The van der Waals surface area contributed by atoms with Gasteiger partial charge >= 0.3 is 0 Å². The maximum atomic E-state index is 13.2.